The van der Waals surface area contributed by atoms with Crippen LogP contribution in [-0.4, -0.2) is 46.5 Å². The third-order valence-corrected chi connectivity index (χ3v) is 2.68. The summed E-state index contributed by atoms with van der Waals surface area (Å²) in [4.78, 5) is 14.6. The average molecular weight is 241 g/mol. The molecule has 2 atom stereocenters. The maximum atomic E-state index is 10.7. The van der Waals surface area contributed by atoms with Gasteiger partial charge in [-0.05, 0) is 12.8 Å². The zero-order chi connectivity index (χ0) is 12.1. The van der Waals surface area contributed by atoms with E-state index in [1.807, 2.05) is 0 Å². The zero-order valence-electron chi connectivity index (χ0n) is 9.33. The van der Waals surface area contributed by atoms with Gasteiger partial charge in [0.2, 0.25) is 5.89 Å². The van der Waals surface area contributed by atoms with Crippen molar-refractivity contribution in [2.45, 2.75) is 31.5 Å². The molecule has 0 spiro atoms. The van der Waals surface area contributed by atoms with Crippen molar-refractivity contribution in [3.63, 3.8) is 0 Å². The van der Waals surface area contributed by atoms with E-state index in [-0.39, 0.29) is 6.10 Å². The molecule has 7 nitrogen and oxygen atoms in total. The molecule has 1 saturated heterocycles. The topological polar surface area (TPSA) is 97.5 Å². The molecule has 0 aromatic carbocycles. The van der Waals surface area contributed by atoms with Gasteiger partial charge in [0, 0.05) is 19.5 Å². The van der Waals surface area contributed by atoms with E-state index in [0.717, 1.165) is 6.42 Å². The molecule has 0 bridgehead atoms. The van der Waals surface area contributed by atoms with E-state index in [4.69, 9.17) is 14.4 Å². The van der Waals surface area contributed by atoms with Crippen molar-refractivity contribution in [1.29, 1.82) is 0 Å². The van der Waals surface area contributed by atoms with Gasteiger partial charge in [-0.25, -0.2) is 4.79 Å². The zero-order valence-corrected chi connectivity index (χ0v) is 9.33. The molecule has 2 rings (SSSR count). The summed E-state index contributed by atoms with van der Waals surface area (Å²) in [6, 6.07) is 0. The Morgan fingerprint density at radius 3 is 3.12 bits per heavy atom. The van der Waals surface area contributed by atoms with Gasteiger partial charge < -0.3 is 19.7 Å². The summed E-state index contributed by atoms with van der Waals surface area (Å²) in [5.74, 6) is -0.286. The lowest BCUT2D eigenvalue weighted by Gasteiger charge is -2.11. The first-order valence-electron chi connectivity index (χ1n) is 5.60. The molecule has 1 aliphatic heterocycles. The normalized spacial score (nSPS) is 24.0. The van der Waals surface area contributed by atoms with E-state index in [1.165, 1.54) is 6.33 Å². The van der Waals surface area contributed by atoms with Gasteiger partial charge in [-0.2, -0.15) is 4.98 Å². The molecule has 2 heterocycles. The number of hydrogen-bond acceptors (Lipinski definition) is 6. The first kappa shape index (κ1) is 12.0. The smallest absolute Gasteiger partial charge is 0.332 e. The van der Waals surface area contributed by atoms with E-state index in [9.17, 15) is 4.79 Å². The number of rotatable bonds is 6. The second kappa shape index (κ2) is 5.74. The number of carbonyl (C=O) groups is 1. The van der Waals surface area contributed by atoms with Crippen LogP contribution in [0.5, 0.6) is 0 Å². The molecule has 0 aliphatic carbocycles. The molecular formula is C10H15N3O4. The molecule has 7 heteroatoms. The summed E-state index contributed by atoms with van der Waals surface area (Å²) in [5.41, 5.74) is 0. The maximum absolute atomic E-state index is 10.7. The van der Waals surface area contributed by atoms with Crippen LogP contribution in [0.4, 0.5) is 0 Å². The van der Waals surface area contributed by atoms with Crippen molar-refractivity contribution in [3.8, 4) is 0 Å². The number of aromatic nitrogens is 2. The van der Waals surface area contributed by atoms with Gasteiger partial charge in [-0.15, -0.1) is 0 Å². The maximum Gasteiger partial charge on any atom is 0.332 e. The van der Waals surface area contributed by atoms with Gasteiger partial charge in [-0.3, -0.25) is 0 Å². The number of nitrogens with zero attached hydrogens (tertiary/aromatic N) is 2. The molecule has 2 N–H and O–H groups in total. The lowest BCUT2D eigenvalue weighted by molar-refractivity contribution is -0.149. The fourth-order valence-corrected chi connectivity index (χ4v) is 1.80. The monoisotopic (exact) mass is 241 g/mol. The Morgan fingerprint density at radius 1 is 1.59 bits per heavy atom. The number of aliphatic carboxylic acids is 1. The number of ether oxygens (including phenoxy) is 1. The number of carboxylic acid groups (broad SMARTS) is 1. The Balaban J connectivity index is 1.59. The minimum atomic E-state index is -0.877. The van der Waals surface area contributed by atoms with Crippen molar-refractivity contribution in [2.75, 3.05) is 13.1 Å². The number of hydrogen-bond donors (Lipinski definition) is 2. The van der Waals surface area contributed by atoms with Gasteiger partial charge in [0.1, 0.15) is 0 Å². The van der Waals surface area contributed by atoms with Gasteiger partial charge in [0.05, 0.1) is 6.10 Å². The van der Waals surface area contributed by atoms with Crippen LogP contribution in [0.15, 0.2) is 10.9 Å². The highest BCUT2D eigenvalue weighted by atomic mass is 16.5. The van der Waals surface area contributed by atoms with Crippen molar-refractivity contribution in [1.82, 2.24) is 15.5 Å². The molecule has 1 fully saturated rings. The van der Waals surface area contributed by atoms with Crippen molar-refractivity contribution in [3.05, 3.63) is 12.2 Å². The fraction of sp³-hybridized carbons (Fsp3) is 0.700. The van der Waals surface area contributed by atoms with Crippen LogP contribution < -0.4 is 5.32 Å². The SMILES string of the molecule is O=C(O)C1CCC(CNCCc2ncno2)O1. The van der Waals surface area contributed by atoms with Crippen LogP contribution in [0.25, 0.3) is 0 Å². The Morgan fingerprint density at radius 2 is 2.47 bits per heavy atom. The molecular weight excluding hydrogens is 226 g/mol. The molecule has 0 amide bonds. The average Bonchev–Trinajstić information content (AvgIpc) is 2.96. The van der Waals surface area contributed by atoms with E-state index in [2.05, 4.69) is 15.5 Å². The van der Waals surface area contributed by atoms with Crippen molar-refractivity contribution < 1.29 is 19.2 Å². The van der Waals surface area contributed by atoms with Crippen LogP contribution in [-0.2, 0) is 16.0 Å². The molecule has 2 unspecified atom stereocenters. The molecule has 0 saturated carbocycles. The number of carboxylic acids is 1. The van der Waals surface area contributed by atoms with E-state index < -0.39 is 12.1 Å². The van der Waals surface area contributed by atoms with Crippen LogP contribution in [0, 0.1) is 0 Å². The summed E-state index contributed by atoms with van der Waals surface area (Å²) in [7, 11) is 0. The van der Waals surface area contributed by atoms with E-state index in [0.29, 0.717) is 31.8 Å². The lowest BCUT2D eigenvalue weighted by Crippen LogP contribution is -2.30. The first-order chi connectivity index (χ1) is 8.25. The van der Waals surface area contributed by atoms with Gasteiger partial charge >= 0.3 is 5.97 Å². The number of nitrogens with one attached hydrogen (secondary N) is 1. The standard InChI is InChI=1S/C10H15N3O4/c14-10(15)8-2-1-7(16-8)5-11-4-3-9-12-6-13-17-9/h6-8,11H,1-5H2,(H,14,15). The minimum absolute atomic E-state index is 0.0150. The molecule has 1 aromatic rings. The van der Waals surface area contributed by atoms with E-state index in [1.54, 1.807) is 0 Å². The summed E-state index contributed by atoms with van der Waals surface area (Å²) in [5, 5.41) is 15.4. The van der Waals surface area contributed by atoms with E-state index >= 15 is 0 Å². The second-order valence-corrected chi connectivity index (χ2v) is 3.95. The molecule has 94 valence electrons. The molecule has 1 aliphatic rings. The summed E-state index contributed by atoms with van der Waals surface area (Å²) in [6.07, 6.45) is 2.74. The van der Waals surface area contributed by atoms with Crippen LogP contribution in [0.3, 0.4) is 0 Å². The Hall–Kier alpha value is -1.47. The van der Waals surface area contributed by atoms with Crippen molar-refractivity contribution in [2.24, 2.45) is 0 Å². The highest BCUT2D eigenvalue weighted by Gasteiger charge is 2.29. The highest BCUT2D eigenvalue weighted by molar-refractivity contribution is 5.72. The second-order valence-electron chi connectivity index (χ2n) is 3.95. The van der Waals surface area contributed by atoms with Crippen LogP contribution in [0.1, 0.15) is 18.7 Å². The fourth-order valence-electron chi connectivity index (χ4n) is 1.80. The van der Waals surface area contributed by atoms with Gasteiger partial charge in [0.25, 0.3) is 0 Å². The van der Waals surface area contributed by atoms with Crippen LogP contribution in [0.2, 0.25) is 0 Å². The molecule has 17 heavy (non-hydrogen) atoms. The quantitative estimate of drug-likeness (QED) is 0.667. The summed E-state index contributed by atoms with van der Waals surface area (Å²) in [6.45, 7) is 1.36. The Bertz CT molecular complexity index is 354. The van der Waals surface area contributed by atoms with Crippen LogP contribution >= 0.6 is 0 Å². The molecule has 1 aromatic heterocycles. The van der Waals surface area contributed by atoms with Gasteiger partial charge in [0.15, 0.2) is 12.4 Å². The third kappa shape index (κ3) is 3.50. The highest BCUT2D eigenvalue weighted by Crippen LogP contribution is 2.19. The largest absolute Gasteiger partial charge is 0.479 e. The minimum Gasteiger partial charge on any atom is -0.479 e. The Kier molecular flexibility index (Phi) is 4.05. The summed E-state index contributed by atoms with van der Waals surface area (Å²) >= 11 is 0. The Labute approximate surface area is 98.1 Å². The third-order valence-electron chi connectivity index (χ3n) is 2.68. The van der Waals surface area contributed by atoms with Gasteiger partial charge in [-0.1, -0.05) is 5.16 Å². The lowest BCUT2D eigenvalue weighted by atomic mass is 10.2. The van der Waals surface area contributed by atoms with Crippen molar-refractivity contribution >= 4 is 5.97 Å². The molecule has 0 radical (unpaired) electrons. The predicted molar refractivity (Wildman–Crippen MR) is 56.4 cm³/mol. The first-order valence-corrected chi connectivity index (χ1v) is 5.60. The predicted octanol–water partition coefficient (Wildman–Crippen LogP) is -0.166. The summed E-state index contributed by atoms with van der Waals surface area (Å²) < 4.78 is 10.2.